The molecule has 9 heteroatoms. The van der Waals surface area contributed by atoms with Crippen LogP contribution in [0, 0.1) is 12.7 Å². The zero-order chi connectivity index (χ0) is 20.2. The normalized spacial score (nSPS) is 11.1. The van der Waals surface area contributed by atoms with Crippen LogP contribution in [0.3, 0.4) is 0 Å². The molecule has 0 spiro atoms. The molecule has 4 rings (SSSR count). The molecule has 2 aromatic carbocycles. The highest BCUT2D eigenvalue weighted by molar-refractivity contribution is 7.99. The summed E-state index contributed by atoms with van der Waals surface area (Å²) in [7, 11) is 0. The molecule has 29 heavy (non-hydrogen) atoms. The molecule has 0 N–H and O–H groups in total. The van der Waals surface area contributed by atoms with Gasteiger partial charge < -0.3 is 8.94 Å². The number of thioether (sulfide) groups is 1. The Kier molecular flexibility index (Phi) is 5.92. The van der Waals surface area contributed by atoms with Crippen LogP contribution in [-0.4, -0.2) is 26.1 Å². The van der Waals surface area contributed by atoms with Gasteiger partial charge in [0.05, 0.1) is 0 Å². The Morgan fingerprint density at radius 1 is 1.10 bits per heavy atom. The molecule has 148 valence electrons. The highest BCUT2D eigenvalue weighted by Gasteiger charge is 2.12. The first kappa shape index (κ1) is 19.6. The quantitative estimate of drug-likeness (QED) is 0.278. The second-order valence-corrected chi connectivity index (χ2v) is 7.79. The van der Waals surface area contributed by atoms with Gasteiger partial charge in [0.1, 0.15) is 5.82 Å². The summed E-state index contributed by atoms with van der Waals surface area (Å²) in [4.78, 5) is 4.33. The molecular weight excluding hydrogens is 415 g/mol. The van der Waals surface area contributed by atoms with Crippen molar-refractivity contribution in [3.63, 3.8) is 0 Å². The second-order valence-electron chi connectivity index (χ2n) is 6.31. The number of hydrogen-bond donors (Lipinski definition) is 0. The van der Waals surface area contributed by atoms with Crippen molar-refractivity contribution in [3.05, 3.63) is 64.8 Å². The number of aryl methyl sites for hydroxylation is 2. The van der Waals surface area contributed by atoms with E-state index in [0.29, 0.717) is 45.4 Å². The van der Waals surface area contributed by atoms with Gasteiger partial charge in [-0.2, -0.15) is 4.98 Å². The first-order valence-corrected chi connectivity index (χ1v) is 10.3. The Bertz CT molecular complexity index is 1130. The maximum absolute atomic E-state index is 13.7. The van der Waals surface area contributed by atoms with E-state index in [4.69, 9.17) is 20.5 Å². The first-order chi connectivity index (χ1) is 14.1. The minimum atomic E-state index is -0.290. The smallest absolute Gasteiger partial charge is 0.276 e. The van der Waals surface area contributed by atoms with Gasteiger partial charge in [-0.15, -0.1) is 10.2 Å². The number of aromatic nitrogens is 4. The van der Waals surface area contributed by atoms with Crippen LogP contribution in [0.1, 0.15) is 17.9 Å². The molecule has 0 aliphatic rings. The number of halogens is 2. The SMILES string of the molecule is Cc1ccc(-c2noc(CCCSc3nnc(-c4cccc(Cl)c4)o3)n2)cc1F. The van der Waals surface area contributed by atoms with E-state index in [0.717, 1.165) is 17.7 Å². The summed E-state index contributed by atoms with van der Waals surface area (Å²) < 4.78 is 24.6. The molecule has 2 heterocycles. The predicted octanol–water partition coefficient (Wildman–Crippen LogP) is 5.61. The third-order valence-corrected chi connectivity index (χ3v) is 5.28. The highest BCUT2D eigenvalue weighted by atomic mass is 35.5. The van der Waals surface area contributed by atoms with Crippen molar-refractivity contribution in [1.29, 1.82) is 0 Å². The van der Waals surface area contributed by atoms with Crippen LogP contribution in [0.2, 0.25) is 5.02 Å². The van der Waals surface area contributed by atoms with Crippen LogP contribution in [0.25, 0.3) is 22.8 Å². The standard InChI is InChI=1S/C20H16ClFN4O2S/c1-12-7-8-13(11-16(12)22)18-23-17(28-26-18)6-3-9-29-20-25-24-19(27-20)14-4-2-5-15(21)10-14/h2,4-5,7-8,10-11H,3,6,9H2,1H3. The van der Waals surface area contributed by atoms with Crippen LogP contribution in [-0.2, 0) is 6.42 Å². The molecule has 0 aliphatic carbocycles. The lowest BCUT2D eigenvalue weighted by Gasteiger charge is -1.97. The van der Waals surface area contributed by atoms with Gasteiger partial charge >= 0.3 is 0 Å². The zero-order valence-corrected chi connectivity index (χ0v) is 17.0. The van der Waals surface area contributed by atoms with Crippen molar-refractivity contribution < 1.29 is 13.3 Å². The van der Waals surface area contributed by atoms with Gasteiger partial charge in [-0.1, -0.05) is 46.7 Å². The maximum Gasteiger partial charge on any atom is 0.276 e. The molecule has 0 aliphatic heterocycles. The van der Waals surface area contributed by atoms with Gasteiger partial charge in [0, 0.05) is 28.3 Å². The molecule has 4 aromatic rings. The average Bonchev–Trinajstić information content (AvgIpc) is 3.37. The molecule has 0 radical (unpaired) electrons. The van der Waals surface area contributed by atoms with Gasteiger partial charge in [0.2, 0.25) is 17.6 Å². The van der Waals surface area contributed by atoms with Crippen molar-refractivity contribution >= 4 is 23.4 Å². The Labute approximate surface area is 175 Å². The van der Waals surface area contributed by atoms with Gasteiger partial charge in [0.15, 0.2) is 0 Å². The molecule has 0 atom stereocenters. The number of benzene rings is 2. The Hall–Kier alpha value is -2.71. The molecule has 0 saturated heterocycles. The van der Waals surface area contributed by atoms with Crippen LogP contribution in [0.4, 0.5) is 4.39 Å². The molecule has 0 bridgehead atoms. The van der Waals surface area contributed by atoms with E-state index in [9.17, 15) is 4.39 Å². The van der Waals surface area contributed by atoms with Gasteiger partial charge in [-0.05, 0) is 43.2 Å². The summed E-state index contributed by atoms with van der Waals surface area (Å²) in [6.45, 7) is 1.71. The lowest BCUT2D eigenvalue weighted by molar-refractivity contribution is 0.378. The van der Waals surface area contributed by atoms with E-state index in [1.807, 2.05) is 12.1 Å². The van der Waals surface area contributed by atoms with Gasteiger partial charge in [0.25, 0.3) is 5.22 Å². The van der Waals surface area contributed by atoms with E-state index >= 15 is 0 Å². The summed E-state index contributed by atoms with van der Waals surface area (Å²) in [6.07, 6.45) is 1.38. The molecule has 0 saturated carbocycles. The summed E-state index contributed by atoms with van der Waals surface area (Å²) in [6, 6.07) is 12.1. The predicted molar refractivity (Wildman–Crippen MR) is 108 cm³/mol. The molecule has 2 aromatic heterocycles. The minimum absolute atomic E-state index is 0.290. The molecule has 0 amide bonds. The van der Waals surface area contributed by atoms with E-state index < -0.39 is 0 Å². The molecule has 0 fully saturated rings. The average molecular weight is 431 g/mol. The molecular formula is C20H16ClFN4O2S. The summed E-state index contributed by atoms with van der Waals surface area (Å²) in [5, 5.41) is 13.1. The highest BCUT2D eigenvalue weighted by Crippen LogP contribution is 2.26. The summed E-state index contributed by atoms with van der Waals surface area (Å²) >= 11 is 7.44. The summed E-state index contributed by atoms with van der Waals surface area (Å²) in [5.41, 5.74) is 1.95. The lowest BCUT2D eigenvalue weighted by atomic mass is 10.1. The fourth-order valence-electron chi connectivity index (χ4n) is 2.59. The minimum Gasteiger partial charge on any atom is -0.411 e. The Balaban J connectivity index is 1.29. The van der Waals surface area contributed by atoms with E-state index in [2.05, 4.69) is 20.3 Å². The lowest BCUT2D eigenvalue weighted by Crippen LogP contribution is -1.89. The summed E-state index contributed by atoms with van der Waals surface area (Å²) in [5.74, 6) is 1.78. The number of rotatable bonds is 7. The fraction of sp³-hybridized carbons (Fsp3) is 0.200. The number of hydrogen-bond acceptors (Lipinski definition) is 7. The fourth-order valence-corrected chi connectivity index (χ4v) is 3.48. The van der Waals surface area contributed by atoms with Crippen LogP contribution >= 0.6 is 23.4 Å². The van der Waals surface area contributed by atoms with E-state index in [1.54, 1.807) is 31.2 Å². The van der Waals surface area contributed by atoms with Gasteiger partial charge in [-0.25, -0.2) is 4.39 Å². The maximum atomic E-state index is 13.7. The third-order valence-electron chi connectivity index (χ3n) is 4.14. The van der Waals surface area contributed by atoms with E-state index in [-0.39, 0.29) is 5.82 Å². The topological polar surface area (TPSA) is 77.8 Å². The van der Waals surface area contributed by atoms with Crippen LogP contribution in [0.15, 0.2) is 56.6 Å². The Morgan fingerprint density at radius 3 is 2.83 bits per heavy atom. The van der Waals surface area contributed by atoms with E-state index in [1.165, 1.54) is 17.8 Å². The van der Waals surface area contributed by atoms with Crippen LogP contribution < -0.4 is 0 Å². The second kappa shape index (κ2) is 8.75. The largest absolute Gasteiger partial charge is 0.411 e. The van der Waals surface area contributed by atoms with Crippen molar-refractivity contribution in [2.75, 3.05) is 5.75 Å². The van der Waals surface area contributed by atoms with Crippen molar-refractivity contribution in [2.45, 2.75) is 25.0 Å². The third kappa shape index (κ3) is 4.83. The van der Waals surface area contributed by atoms with Crippen molar-refractivity contribution in [1.82, 2.24) is 20.3 Å². The van der Waals surface area contributed by atoms with Gasteiger partial charge in [-0.3, -0.25) is 0 Å². The zero-order valence-electron chi connectivity index (χ0n) is 15.4. The molecule has 6 nitrogen and oxygen atoms in total. The van der Waals surface area contributed by atoms with Crippen molar-refractivity contribution in [2.24, 2.45) is 0 Å². The monoisotopic (exact) mass is 430 g/mol. The Morgan fingerprint density at radius 2 is 2.00 bits per heavy atom. The van der Waals surface area contributed by atoms with Crippen LogP contribution in [0.5, 0.6) is 0 Å². The van der Waals surface area contributed by atoms with Crippen molar-refractivity contribution in [3.8, 4) is 22.8 Å². The first-order valence-electron chi connectivity index (χ1n) is 8.90. The number of nitrogens with zero attached hydrogens (tertiary/aromatic N) is 4. The molecule has 0 unspecified atom stereocenters.